The minimum Gasteiger partial charge on any atom is -0.334 e. The highest BCUT2D eigenvalue weighted by atomic mass is 16.2. The highest BCUT2D eigenvalue weighted by Crippen LogP contribution is 2.20. The van der Waals surface area contributed by atoms with E-state index in [0.29, 0.717) is 17.2 Å². The van der Waals surface area contributed by atoms with Gasteiger partial charge in [-0.2, -0.15) is 5.10 Å². The normalized spacial score (nSPS) is 10.3. The van der Waals surface area contributed by atoms with Gasteiger partial charge in [0.25, 0.3) is 0 Å². The first kappa shape index (κ1) is 18.1. The molecule has 0 saturated heterocycles. The van der Waals surface area contributed by atoms with Gasteiger partial charge in [0.15, 0.2) is 5.82 Å². The third-order valence-electron chi connectivity index (χ3n) is 3.75. The summed E-state index contributed by atoms with van der Waals surface area (Å²) in [4.78, 5) is 31.7. The van der Waals surface area contributed by atoms with Gasteiger partial charge in [-0.25, -0.2) is 19.4 Å². The predicted molar refractivity (Wildman–Crippen MR) is 100 cm³/mol. The van der Waals surface area contributed by atoms with Crippen molar-refractivity contribution in [1.82, 2.24) is 25.1 Å². The molecule has 0 spiro atoms. The van der Waals surface area contributed by atoms with Crippen LogP contribution in [0.3, 0.4) is 0 Å². The molecule has 2 heterocycles. The minimum absolute atomic E-state index is 0.170. The first-order valence-electron chi connectivity index (χ1n) is 8.25. The highest BCUT2D eigenvalue weighted by Gasteiger charge is 2.09. The lowest BCUT2D eigenvalue weighted by Crippen LogP contribution is -2.28. The molecule has 9 nitrogen and oxygen atoms in total. The van der Waals surface area contributed by atoms with E-state index in [4.69, 9.17) is 0 Å². The Morgan fingerprint density at radius 2 is 2.04 bits per heavy atom. The lowest BCUT2D eigenvalue weighted by atomic mass is 10.2. The van der Waals surface area contributed by atoms with Crippen molar-refractivity contribution in [3.05, 3.63) is 60.3 Å². The standard InChI is InChI=1S/C18H19N7O2/c1-12-5-6-15(8-16(12)23-13(2)26)24-18(27)21-9-14-4-3-7-20-17(14)25-11-19-10-22-25/h3-8,10-11H,9H2,1-2H3,(H,23,26)(H2,21,24,27). The van der Waals surface area contributed by atoms with Crippen LogP contribution in [0.5, 0.6) is 0 Å². The van der Waals surface area contributed by atoms with E-state index >= 15 is 0 Å². The first-order chi connectivity index (χ1) is 13.0. The highest BCUT2D eigenvalue weighted by molar-refractivity contribution is 5.93. The molecule has 2 aromatic heterocycles. The third-order valence-corrected chi connectivity index (χ3v) is 3.75. The molecule has 3 aromatic rings. The van der Waals surface area contributed by atoms with Crippen LogP contribution in [0.1, 0.15) is 18.1 Å². The Labute approximate surface area is 155 Å². The van der Waals surface area contributed by atoms with Crippen molar-refractivity contribution < 1.29 is 9.59 Å². The number of carbonyl (C=O) groups is 2. The summed E-state index contributed by atoms with van der Waals surface area (Å²) in [5.74, 6) is 0.426. The molecule has 3 rings (SSSR count). The molecule has 0 radical (unpaired) electrons. The Bertz CT molecular complexity index is 954. The third kappa shape index (κ3) is 4.66. The topological polar surface area (TPSA) is 114 Å². The van der Waals surface area contributed by atoms with Gasteiger partial charge < -0.3 is 16.0 Å². The van der Waals surface area contributed by atoms with Gasteiger partial charge in [0.05, 0.1) is 0 Å². The van der Waals surface area contributed by atoms with E-state index in [2.05, 4.69) is 31.0 Å². The Morgan fingerprint density at radius 3 is 2.78 bits per heavy atom. The number of anilines is 2. The SMILES string of the molecule is CC(=O)Nc1cc(NC(=O)NCc2cccnc2-n2cncn2)ccc1C. The van der Waals surface area contributed by atoms with Gasteiger partial charge in [-0.1, -0.05) is 12.1 Å². The maximum atomic E-state index is 12.2. The number of hydrogen-bond donors (Lipinski definition) is 3. The van der Waals surface area contributed by atoms with Crippen LogP contribution in [0.4, 0.5) is 16.2 Å². The number of nitrogens with one attached hydrogen (secondary N) is 3. The van der Waals surface area contributed by atoms with E-state index in [-0.39, 0.29) is 18.5 Å². The number of amides is 3. The number of pyridine rings is 1. The Kier molecular flexibility index (Phi) is 5.41. The average Bonchev–Trinajstić information content (AvgIpc) is 3.17. The molecule has 0 aliphatic rings. The quantitative estimate of drug-likeness (QED) is 0.642. The fourth-order valence-electron chi connectivity index (χ4n) is 2.47. The monoisotopic (exact) mass is 365 g/mol. The number of hydrogen-bond acceptors (Lipinski definition) is 5. The second-order valence-corrected chi connectivity index (χ2v) is 5.84. The lowest BCUT2D eigenvalue weighted by molar-refractivity contribution is -0.114. The summed E-state index contributed by atoms with van der Waals surface area (Å²) in [6, 6.07) is 8.57. The molecule has 9 heteroatoms. The largest absolute Gasteiger partial charge is 0.334 e. The summed E-state index contributed by atoms with van der Waals surface area (Å²) in [7, 11) is 0. The average molecular weight is 365 g/mol. The summed E-state index contributed by atoms with van der Waals surface area (Å²) in [5, 5.41) is 12.3. The summed E-state index contributed by atoms with van der Waals surface area (Å²) in [6.45, 7) is 3.58. The van der Waals surface area contributed by atoms with Crippen molar-refractivity contribution in [2.45, 2.75) is 20.4 Å². The summed E-state index contributed by atoms with van der Waals surface area (Å²) in [5.41, 5.74) is 2.93. The van der Waals surface area contributed by atoms with Gasteiger partial charge in [-0.15, -0.1) is 0 Å². The number of aryl methyl sites for hydroxylation is 1. The van der Waals surface area contributed by atoms with Crippen molar-refractivity contribution >= 4 is 23.3 Å². The second kappa shape index (κ2) is 8.09. The molecule has 0 atom stereocenters. The molecular weight excluding hydrogens is 346 g/mol. The number of carbonyl (C=O) groups excluding carboxylic acids is 2. The van der Waals surface area contributed by atoms with Gasteiger partial charge in [0.1, 0.15) is 12.7 Å². The molecule has 0 aliphatic heterocycles. The van der Waals surface area contributed by atoms with Crippen LogP contribution < -0.4 is 16.0 Å². The molecule has 3 amide bonds. The van der Waals surface area contributed by atoms with Crippen LogP contribution in [0.25, 0.3) is 5.82 Å². The van der Waals surface area contributed by atoms with Crippen LogP contribution in [0.15, 0.2) is 49.2 Å². The molecule has 0 saturated carbocycles. The van der Waals surface area contributed by atoms with Gasteiger partial charge in [-0.3, -0.25) is 4.79 Å². The Balaban J connectivity index is 1.65. The molecule has 0 fully saturated rings. The van der Waals surface area contributed by atoms with E-state index in [9.17, 15) is 9.59 Å². The molecule has 1 aromatic carbocycles. The van der Waals surface area contributed by atoms with E-state index in [1.165, 1.54) is 17.9 Å². The number of rotatable bonds is 5. The van der Waals surface area contributed by atoms with Crippen molar-refractivity contribution in [2.24, 2.45) is 0 Å². The minimum atomic E-state index is -0.374. The first-order valence-corrected chi connectivity index (χ1v) is 8.25. The van der Waals surface area contributed by atoms with Crippen LogP contribution >= 0.6 is 0 Å². The van der Waals surface area contributed by atoms with Crippen LogP contribution in [0, 0.1) is 6.92 Å². The van der Waals surface area contributed by atoms with Crippen molar-refractivity contribution in [1.29, 1.82) is 0 Å². The van der Waals surface area contributed by atoms with Gasteiger partial charge in [0.2, 0.25) is 5.91 Å². The fraction of sp³-hybridized carbons (Fsp3) is 0.167. The number of benzene rings is 1. The zero-order valence-electron chi connectivity index (χ0n) is 14.9. The molecular formula is C18H19N7O2. The smallest absolute Gasteiger partial charge is 0.319 e. The Hall–Kier alpha value is -3.75. The summed E-state index contributed by atoms with van der Waals surface area (Å²) >= 11 is 0. The van der Waals surface area contributed by atoms with Gasteiger partial charge in [0, 0.05) is 36.6 Å². The molecule has 0 aliphatic carbocycles. The van der Waals surface area contributed by atoms with E-state index in [1.54, 1.807) is 30.7 Å². The predicted octanol–water partition coefficient (Wildman–Crippen LogP) is 2.25. The zero-order chi connectivity index (χ0) is 19.2. The molecule has 27 heavy (non-hydrogen) atoms. The number of urea groups is 1. The van der Waals surface area contributed by atoms with Gasteiger partial charge >= 0.3 is 6.03 Å². The van der Waals surface area contributed by atoms with Crippen molar-refractivity contribution in [3.63, 3.8) is 0 Å². The molecule has 3 N–H and O–H groups in total. The number of aromatic nitrogens is 4. The van der Waals surface area contributed by atoms with Crippen molar-refractivity contribution in [3.8, 4) is 5.82 Å². The molecule has 0 bridgehead atoms. The zero-order valence-corrected chi connectivity index (χ0v) is 14.9. The molecule has 138 valence electrons. The molecule has 0 unspecified atom stereocenters. The van der Waals surface area contributed by atoms with E-state index in [0.717, 1.165) is 11.1 Å². The van der Waals surface area contributed by atoms with E-state index < -0.39 is 0 Å². The van der Waals surface area contributed by atoms with Crippen molar-refractivity contribution in [2.75, 3.05) is 10.6 Å². The van der Waals surface area contributed by atoms with E-state index in [1.807, 2.05) is 19.1 Å². The fourth-order valence-corrected chi connectivity index (χ4v) is 2.47. The maximum absolute atomic E-state index is 12.2. The second-order valence-electron chi connectivity index (χ2n) is 5.84. The summed E-state index contributed by atoms with van der Waals surface area (Å²) in [6.07, 6.45) is 4.61. The Morgan fingerprint density at radius 1 is 1.19 bits per heavy atom. The van der Waals surface area contributed by atoms with Crippen LogP contribution in [-0.2, 0) is 11.3 Å². The maximum Gasteiger partial charge on any atom is 0.319 e. The van der Waals surface area contributed by atoms with Gasteiger partial charge in [-0.05, 0) is 30.7 Å². The van der Waals surface area contributed by atoms with Crippen LogP contribution in [0.2, 0.25) is 0 Å². The number of nitrogens with zero attached hydrogens (tertiary/aromatic N) is 4. The summed E-state index contributed by atoms with van der Waals surface area (Å²) < 4.78 is 1.54. The van der Waals surface area contributed by atoms with Crippen LogP contribution in [-0.4, -0.2) is 31.7 Å². The lowest BCUT2D eigenvalue weighted by Gasteiger charge is -2.12.